The molecule has 0 bridgehead atoms. The van der Waals surface area contributed by atoms with Crippen LogP contribution >= 0.6 is 0 Å². The lowest BCUT2D eigenvalue weighted by Crippen LogP contribution is -2.37. The first-order valence-corrected chi connectivity index (χ1v) is 5.47. The third-order valence-electron chi connectivity index (χ3n) is 2.85. The van der Waals surface area contributed by atoms with Crippen LogP contribution in [0.4, 0.5) is 18.9 Å². The topological polar surface area (TPSA) is 72.6 Å². The fourth-order valence-electron chi connectivity index (χ4n) is 1.75. The number of hydrogen-bond acceptors (Lipinski definition) is 4. The lowest BCUT2D eigenvalue weighted by molar-refractivity contribution is -0.386. The minimum absolute atomic E-state index is 0.213. The lowest BCUT2D eigenvalue weighted by Gasteiger charge is -2.31. The van der Waals surface area contributed by atoms with E-state index in [0.29, 0.717) is 18.9 Å². The molecule has 0 aliphatic heterocycles. The van der Waals surface area contributed by atoms with E-state index in [1.165, 1.54) is 0 Å². The van der Waals surface area contributed by atoms with Gasteiger partial charge in [0.1, 0.15) is 6.10 Å². The summed E-state index contributed by atoms with van der Waals surface area (Å²) in [5.74, 6) is -0.213. The quantitative estimate of drug-likeness (QED) is 0.680. The van der Waals surface area contributed by atoms with Gasteiger partial charge in [0.05, 0.1) is 16.6 Å². The number of benzene rings is 1. The van der Waals surface area contributed by atoms with E-state index >= 15 is 0 Å². The maximum Gasteiger partial charge on any atom is 0.416 e. The van der Waals surface area contributed by atoms with Crippen molar-refractivity contribution in [1.29, 1.82) is 0 Å². The summed E-state index contributed by atoms with van der Waals surface area (Å²) in [5.41, 5.74) is -1.82. The Kier molecular flexibility index (Phi) is 3.36. The Morgan fingerprint density at radius 2 is 2.00 bits per heavy atom. The molecule has 0 amide bonds. The van der Waals surface area contributed by atoms with Crippen molar-refractivity contribution in [1.82, 2.24) is 0 Å². The number of hydrogen-bond donors (Lipinski definition) is 1. The van der Waals surface area contributed by atoms with Crippen LogP contribution in [0.25, 0.3) is 0 Å². The number of nitro groups is 1. The number of aliphatic hydroxyl groups is 1. The van der Waals surface area contributed by atoms with Crippen molar-refractivity contribution in [3.05, 3.63) is 33.9 Å². The van der Waals surface area contributed by atoms with Crippen LogP contribution in [-0.4, -0.2) is 22.2 Å². The largest absolute Gasteiger partial charge is 0.483 e. The van der Waals surface area contributed by atoms with E-state index < -0.39 is 34.6 Å². The van der Waals surface area contributed by atoms with Crippen LogP contribution < -0.4 is 4.74 Å². The van der Waals surface area contributed by atoms with Gasteiger partial charge >= 0.3 is 11.9 Å². The molecule has 0 radical (unpaired) electrons. The van der Waals surface area contributed by atoms with Crippen molar-refractivity contribution in [2.75, 3.05) is 0 Å². The van der Waals surface area contributed by atoms with E-state index in [1.54, 1.807) is 0 Å². The number of halogens is 3. The highest BCUT2D eigenvalue weighted by atomic mass is 19.4. The second kappa shape index (κ2) is 4.69. The van der Waals surface area contributed by atoms with Crippen molar-refractivity contribution >= 4 is 5.69 Å². The zero-order valence-corrected chi connectivity index (χ0v) is 9.55. The summed E-state index contributed by atoms with van der Waals surface area (Å²) in [4.78, 5) is 9.84. The minimum atomic E-state index is -4.64. The predicted octanol–water partition coefficient (Wildman–Crippen LogP) is 2.52. The van der Waals surface area contributed by atoms with Gasteiger partial charge in [-0.05, 0) is 12.1 Å². The number of alkyl halides is 3. The van der Waals surface area contributed by atoms with Crippen molar-refractivity contribution < 1.29 is 27.9 Å². The first-order valence-electron chi connectivity index (χ1n) is 5.47. The zero-order valence-electron chi connectivity index (χ0n) is 9.55. The van der Waals surface area contributed by atoms with Crippen LogP contribution in [0.5, 0.6) is 5.75 Å². The molecule has 19 heavy (non-hydrogen) atoms. The molecule has 0 heterocycles. The van der Waals surface area contributed by atoms with Gasteiger partial charge in [-0.1, -0.05) is 0 Å². The fraction of sp³-hybridized carbons (Fsp3) is 0.455. The molecule has 1 N–H and O–H groups in total. The molecule has 5 nitrogen and oxygen atoms in total. The SMILES string of the molecule is O=[N+]([O-])c1cc(C(F)(F)F)ccc1OC1CC(O)C1. The number of nitro benzene ring substituents is 1. The minimum Gasteiger partial charge on any atom is -0.483 e. The monoisotopic (exact) mass is 277 g/mol. The maximum absolute atomic E-state index is 12.5. The first kappa shape index (κ1) is 13.6. The Hall–Kier alpha value is -1.83. The second-order valence-corrected chi connectivity index (χ2v) is 4.30. The summed E-state index contributed by atoms with van der Waals surface area (Å²) in [7, 11) is 0. The number of ether oxygens (including phenoxy) is 1. The van der Waals surface area contributed by atoms with Crippen molar-refractivity contribution in [3.63, 3.8) is 0 Å². The van der Waals surface area contributed by atoms with Crippen molar-refractivity contribution in [2.24, 2.45) is 0 Å². The van der Waals surface area contributed by atoms with Crippen LogP contribution in [0.1, 0.15) is 18.4 Å². The normalized spacial score (nSPS) is 22.7. The number of rotatable bonds is 3. The van der Waals surface area contributed by atoms with E-state index in [9.17, 15) is 23.3 Å². The van der Waals surface area contributed by atoms with Crippen LogP contribution in [0.3, 0.4) is 0 Å². The highest BCUT2D eigenvalue weighted by Gasteiger charge is 2.35. The Labute approximate surface area is 105 Å². The number of aliphatic hydroxyl groups excluding tert-OH is 1. The molecule has 1 fully saturated rings. The Morgan fingerprint density at radius 3 is 2.47 bits per heavy atom. The van der Waals surface area contributed by atoms with Crippen molar-refractivity contribution in [2.45, 2.75) is 31.2 Å². The summed E-state index contributed by atoms with van der Waals surface area (Å²) in [5, 5.41) is 19.8. The Morgan fingerprint density at radius 1 is 1.37 bits per heavy atom. The molecule has 1 saturated carbocycles. The summed E-state index contributed by atoms with van der Waals surface area (Å²) in [6, 6.07) is 2.12. The average molecular weight is 277 g/mol. The highest BCUT2D eigenvalue weighted by molar-refractivity contribution is 5.49. The summed E-state index contributed by atoms with van der Waals surface area (Å²) < 4.78 is 42.6. The summed E-state index contributed by atoms with van der Waals surface area (Å²) >= 11 is 0. The van der Waals surface area contributed by atoms with Gasteiger partial charge in [0, 0.05) is 18.9 Å². The third kappa shape index (κ3) is 2.95. The molecule has 1 aromatic carbocycles. The van der Waals surface area contributed by atoms with Gasteiger partial charge in [-0.15, -0.1) is 0 Å². The van der Waals surface area contributed by atoms with Gasteiger partial charge < -0.3 is 9.84 Å². The Bertz CT molecular complexity index is 497. The van der Waals surface area contributed by atoms with Crippen molar-refractivity contribution in [3.8, 4) is 5.75 Å². The third-order valence-corrected chi connectivity index (χ3v) is 2.85. The van der Waals surface area contributed by atoms with E-state index in [0.717, 1.165) is 12.1 Å². The average Bonchev–Trinajstić information content (AvgIpc) is 2.25. The van der Waals surface area contributed by atoms with Gasteiger partial charge in [-0.2, -0.15) is 13.2 Å². The molecule has 0 saturated heterocycles. The van der Waals surface area contributed by atoms with Gasteiger partial charge in [-0.3, -0.25) is 10.1 Å². The van der Waals surface area contributed by atoms with Crippen LogP contribution in [0.15, 0.2) is 18.2 Å². The molecule has 0 spiro atoms. The molecular formula is C11H10F3NO4. The smallest absolute Gasteiger partial charge is 0.416 e. The van der Waals surface area contributed by atoms with Gasteiger partial charge in [-0.25, -0.2) is 0 Å². The van der Waals surface area contributed by atoms with E-state index in [2.05, 4.69) is 0 Å². The van der Waals surface area contributed by atoms with Gasteiger partial charge in [0.2, 0.25) is 0 Å². The molecule has 0 atom stereocenters. The summed E-state index contributed by atoms with van der Waals surface area (Å²) in [6.45, 7) is 0. The maximum atomic E-state index is 12.5. The van der Waals surface area contributed by atoms with E-state index in [4.69, 9.17) is 9.84 Å². The Balaban J connectivity index is 2.25. The zero-order chi connectivity index (χ0) is 14.2. The predicted molar refractivity (Wildman–Crippen MR) is 57.8 cm³/mol. The number of nitrogens with zero attached hydrogens (tertiary/aromatic N) is 1. The van der Waals surface area contributed by atoms with Gasteiger partial charge in [0.15, 0.2) is 5.75 Å². The second-order valence-electron chi connectivity index (χ2n) is 4.30. The molecule has 1 aliphatic rings. The lowest BCUT2D eigenvalue weighted by atomic mass is 9.92. The molecule has 0 unspecified atom stereocenters. The first-order chi connectivity index (χ1) is 8.77. The molecule has 0 aromatic heterocycles. The molecule has 1 aliphatic carbocycles. The summed E-state index contributed by atoms with van der Waals surface area (Å²) in [6.07, 6.45) is -4.92. The molecule has 2 rings (SSSR count). The van der Waals surface area contributed by atoms with Crippen LogP contribution in [-0.2, 0) is 6.18 Å². The van der Waals surface area contributed by atoms with Crippen LogP contribution in [0.2, 0.25) is 0 Å². The standard InChI is InChI=1S/C11H10F3NO4/c12-11(13,14)6-1-2-10(9(3-6)15(17)18)19-8-4-7(16)5-8/h1-3,7-8,16H,4-5H2. The van der Waals surface area contributed by atoms with E-state index in [1.807, 2.05) is 0 Å². The van der Waals surface area contributed by atoms with Crippen LogP contribution in [0, 0.1) is 10.1 Å². The molecule has 1 aromatic rings. The van der Waals surface area contributed by atoms with E-state index in [-0.39, 0.29) is 5.75 Å². The fourth-order valence-corrected chi connectivity index (χ4v) is 1.75. The van der Waals surface area contributed by atoms with Gasteiger partial charge in [0.25, 0.3) is 0 Å². The molecule has 104 valence electrons. The molecular weight excluding hydrogens is 267 g/mol. The molecule has 8 heteroatoms. The highest BCUT2D eigenvalue weighted by Crippen LogP contribution is 2.37.